The maximum atomic E-state index is 10.2. The van der Waals surface area contributed by atoms with E-state index in [0.29, 0.717) is 0 Å². The Bertz CT molecular complexity index is 818. The van der Waals surface area contributed by atoms with Gasteiger partial charge in [-0.1, -0.05) is 42.5 Å². The van der Waals surface area contributed by atoms with E-state index in [1.807, 2.05) is 60.8 Å². The minimum atomic E-state index is 0.850. The third-order valence-electron chi connectivity index (χ3n) is 3.18. The summed E-state index contributed by atoms with van der Waals surface area (Å²) in [5.74, 6) is 0. The van der Waals surface area contributed by atoms with Crippen molar-refractivity contribution in [2.45, 2.75) is 0 Å². The van der Waals surface area contributed by atoms with Crippen LogP contribution in [-0.2, 0) is 0 Å². The predicted molar refractivity (Wildman–Crippen MR) is 84.9 cm³/mol. The van der Waals surface area contributed by atoms with Crippen LogP contribution in [0.25, 0.3) is 21.8 Å². The normalized spacial score (nSPS) is 10.1. The number of pyridine rings is 1. The van der Waals surface area contributed by atoms with Gasteiger partial charge < -0.3 is 0 Å². The molecule has 102 valence electrons. The molecule has 21 heavy (non-hydrogen) atoms. The van der Waals surface area contributed by atoms with Gasteiger partial charge in [-0.15, -0.1) is 4.91 Å². The van der Waals surface area contributed by atoms with E-state index < -0.39 is 0 Å². The highest BCUT2D eigenvalue weighted by molar-refractivity contribution is 5.79. The summed E-state index contributed by atoms with van der Waals surface area (Å²) < 4.78 is 1.31. The van der Waals surface area contributed by atoms with Crippen LogP contribution in [0, 0.1) is 4.91 Å². The van der Waals surface area contributed by atoms with Crippen molar-refractivity contribution >= 4 is 21.8 Å². The van der Waals surface area contributed by atoms with E-state index in [2.05, 4.69) is 22.4 Å². The van der Waals surface area contributed by atoms with Crippen molar-refractivity contribution in [1.82, 2.24) is 9.66 Å². The molecule has 2 aromatic heterocycles. The Labute approximate surface area is 121 Å². The van der Waals surface area contributed by atoms with Crippen molar-refractivity contribution in [3.8, 4) is 0 Å². The fraction of sp³-hybridized carbons (Fsp3) is 0. The van der Waals surface area contributed by atoms with E-state index in [4.69, 9.17) is 0 Å². The summed E-state index contributed by atoms with van der Waals surface area (Å²) in [5, 5.41) is 5.06. The lowest BCUT2D eigenvalue weighted by atomic mass is 10.2. The second-order valence-electron chi connectivity index (χ2n) is 4.50. The summed E-state index contributed by atoms with van der Waals surface area (Å²) in [4.78, 5) is 14.4. The number of benzene rings is 2. The summed E-state index contributed by atoms with van der Waals surface area (Å²) in [6.07, 6.45) is 3.46. The number of aromatic nitrogens is 2. The van der Waals surface area contributed by atoms with Gasteiger partial charge in [-0.3, -0.25) is 4.98 Å². The summed E-state index contributed by atoms with van der Waals surface area (Å²) in [5.41, 5.74) is 1.91. The van der Waals surface area contributed by atoms with Crippen LogP contribution in [0.4, 0.5) is 0 Å². The maximum Gasteiger partial charge on any atom is 0.0750 e. The molecule has 4 rings (SSSR count). The number of rotatable bonds is 1. The molecular weight excluding hydrogens is 262 g/mol. The molecular formula is C17H13N3O. The van der Waals surface area contributed by atoms with Crippen molar-refractivity contribution in [2.24, 2.45) is 5.29 Å². The van der Waals surface area contributed by atoms with E-state index in [0.717, 1.165) is 16.4 Å². The monoisotopic (exact) mass is 275 g/mol. The van der Waals surface area contributed by atoms with E-state index in [9.17, 15) is 4.91 Å². The lowest BCUT2D eigenvalue weighted by Gasteiger charge is -1.91. The number of hydrogen-bond acceptors (Lipinski definition) is 3. The molecule has 0 bridgehead atoms. The molecule has 0 aliphatic rings. The molecule has 0 saturated carbocycles. The minimum Gasteiger partial charge on any atom is -0.256 e. The molecule has 4 aromatic rings. The van der Waals surface area contributed by atoms with Gasteiger partial charge in [0.25, 0.3) is 0 Å². The first kappa shape index (κ1) is 13.0. The lowest BCUT2D eigenvalue weighted by Crippen LogP contribution is -1.80. The van der Waals surface area contributed by atoms with Gasteiger partial charge in [0.1, 0.15) is 0 Å². The fourth-order valence-electron chi connectivity index (χ4n) is 2.16. The fourth-order valence-corrected chi connectivity index (χ4v) is 2.16. The average molecular weight is 275 g/mol. The Morgan fingerprint density at radius 1 is 0.810 bits per heavy atom. The topological polar surface area (TPSA) is 47.2 Å². The highest BCUT2D eigenvalue weighted by Gasteiger charge is 1.96. The van der Waals surface area contributed by atoms with Crippen molar-refractivity contribution in [3.05, 3.63) is 84.0 Å². The van der Waals surface area contributed by atoms with E-state index in [1.54, 1.807) is 6.20 Å². The lowest BCUT2D eigenvalue weighted by molar-refractivity contribution is 0.913. The maximum absolute atomic E-state index is 10.2. The Balaban J connectivity index is 0.000000126. The Hall–Kier alpha value is -3.01. The van der Waals surface area contributed by atoms with Gasteiger partial charge in [0.15, 0.2) is 0 Å². The van der Waals surface area contributed by atoms with Gasteiger partial charge in [-0.25, -0.2) is 4.68 Å². The Morgan fingerprint density at radius 3 is 2.33 bits per heavy atom. The SMILES string of the molecule is O=Nn1ccc2ccccc21.c1ccc2ncccc2c1. The van der Waals surface area contributed by atoms with Gasteiger partial charge >= 0.3 is 0 Å². The molecule has 0 spiro atoms. The van der Waals surface area contributed by atoms with Crippen LogP contribution in [0.3, 0.4) is 0 Å². The largest absolute Gasteiger partial charge is 0.256 e. The van der Waals surface area contributed by atoms with Crippen LogP contribution in [0.5, 0.6) is 0 Å². The number of para-hydroxylation sites is 2. The molecule has 2 aromatic carbocycles. The van der Waals surface area contributed by atoms with Crippen molar-refractivity contribution in [3.63, 3.8) is 0 Å². The van der Waals surface area contributed by atoms with Gasteiger partial charge in [0, 0.05) is 23.2 Å². The van der Waals surface area contributed by atoms with E-state index >= 15 is 0 Å². The second kappa shape index (κ2) is 5.96. The van der Waals surface area contributed by atoms with E-state index in [-0.39, 0.29) is 0 Å². The number of nitrogens with zero attached hydrogens (tertiary/aromatic N) is 3. The summed E-state index contributed by atoms with van der Waals surface area (Å²) >= 11 is 0. The standard InChI is InChI=1S/C9H7N.C8H6N2O/c1-2-6-9-8(4-1)5-3-7-10-9;11-9-10-6-5-7-3-1-2-4-8(7)10/h1-7H;1-6H. The summed E-state index contributed by atoms with van der Waals surface area (Å²) in [7, 11) is 0. The number of fused-ring (bicyclic) bond motifs is 2. The molecule has 4 heteroatoms. The molecule has 0 amide bonds. The van der Waals surface area contributed by atoms with Gasteiger partial charge in [-0.2, -0.15) is 0 Å². The quantitative estimate of drug-likeness (QED) is 0.483. The molecule has 0 unspecified atom stereocenters. The molecule has 0 atom stereocenters. The zero-order valence-corrected chi connectivity index (χ0v) is 11.3. The van der Waals surface area contributed by atoms with Crippen LogP contribution in [0.1, 0.15) is 0 Å². The summed E-state index contributed by atoms with van der Waals surface area (Å²) in [6.45, 7) is 0. The number of nitroso groups, excluding NO2 is 1. The molecule has 2 heterocycles. The van der Waals surface area contributed by atoms with Crippen molar-refractivity contribution in [1.29, 1.82) is 0 Å². The van der Waals surface area contributed by atoms with Crippen LogP contribution >= 0.6 is 0 Å². The first-order valence-corrected chi connectivity index (χ1v) is 6.58. The predicted octanol–water partition coefficient (Wildman–Crippen LogP) is 4.41. The zero-order chi connectivity index (χ0) is 14.5. The first-order valence-electron chi connectivity index (χ1n) is 6.58. The second-order valence-corrected chi connectivity index (χ2v) is 4.50. The molecule has 0 aliphatic carbocycles. The molecule has 0 saturated heterocycles. The van der Waals surface area contributed by atoms with Gasteiger partial charge in [-0.05, 0) is 24.3 Å². The molecule has 4 nitrogen and oxygen atoms in total. The van der Waals surface area contributed by atoms with E-state index in [1.165, 1.54) is 10.1 Å². The average Bonchev–Trinajstić information content (AvgIpc) is 2.99. The van der Waals surface area contributed by atoms with Crippen molar-refractivity contribution in [2.75, 3.05) is 0 Å². The molecule has 0 radical (unpaired) electrons. The summed E-state index contributed by atoms with van der Waals surface area (Å²) in [6, 6.07) is 21.5. The smallest absolute Gasteiger partial charge is 0.0750 e. The minimum absolute atomic E-state index is 0.850. The zero-order valence-electron chi connectivity index (χ0n) is 11.3. The number of hydrogen-bond donors (Lipinski definition) is 0. The Kier molecular flexibility index (Phi) is 3.69. The third-order valence-corrected chi connectivity index (χ3v) is 3.18. The van der Waals surface area contributed by atoms with Crippen LogP contribution in [-0.4, -0.2) is 9.66 Å². The Morgan fingerprint density at radius 2 is 1.52 bits per heavy atom. The highest BCUT2D eigenvalue weighted by Crippen LogP contribution is 2.14. The third kappa shape index (κ3) is 2.79. The molecule has 0 N–H and O–H groups in total. The highest BCUT2D eigenvalue weighted by atomic mass is 16.3. The van der Waals surface area contributed by atoms with Crippen LogP contribution in [0.2, 0.25) is 0 Å². The van der Waals surface area contributed by atoms with Crippen LogP contribution < -0.4 is 0 Å². The van der Waals surface area contributed by atoms with Crippen molar-refractivity contribution < 1.29 is 0 Å². The first-order chi connectivity index (χ1) is 10.4. The van der Waals surface area contributed by atoms with Gasteiger partial charge in [0.05, 0.1) is 16.3 Å². The molecule has 0 aliphatic heterocycles. The van der Waals surface area contributed by atoms with Gasteiger partial charge in [0.2, 0.25) is 0 Å². The van der Waals surface area contributed by atoms with Crippen LogP contribution in [0.15, 0.2) is 84.4 Å². The molecule has 0 fully saturated rings.